The average Bonchev–Trinajstić information content (AvgIpc) is 2.20. The molecule has 0 bridgehead atoms. The molecule has 0 saturated carbocycles. The van der Waals surface area contributed by atoms with Crippen molar-refractivity contribution >= 4 is 15.9 Å². The van der Waals surface area contributed by atoms with Gasteiger partial charge in [0, 0.05) is 0 Å². The van der Waals surface area contributed by atoms with E-state index >= 15 is 0 Å². The fraction of sp³-hybridized carbons (Fsp3) is 1.00. The lowest BCUT2D eigenvalue weighted by Gasteiger charge is -2.03. The van der Waals surface area contributed by atoms with Crippen LogP contribution in [0.1, 0.15) is 77.6 Å². The van der Waals surface area contributed by atoms with Crippen LogP contribution in [0.25, 0.3) is 0 Å². The summed E-state index contributed by atoms with van der Waals surface area (Å²) in [4.78, 5) is 0. The second kappa shape index (κ2) is 12.5. The highest BCUT2D eigenvalue weighted by molar-refractivity contribution is 9.09. The van der Waals surface area contributed by atoms with Gasteiger partial charge in [0.1, 0.15) is 5.01 Å². The van der Waals surface area contributed by atoms with Gasteiger partial charge in [-0.25, -0.2) is 0 Å². The minimum Gasteiger partial charge on any atom is -0.382 e. The van der Waals surface area contributed by atoms with Crippen molar-refractivity contribution in [3.05, 3.63) is 0 Å². The molecule has 92 valence electrons. The van der Waals surface area contributed by atoms with Crippen LogP contribution in [-0.2, 0) is 0 Å². The van der Waals surface area contributed by atoms with Gasteiger partial charge in [0.25, 0.3) is 0 Å². The smallest absolute Gasteiger partial charge is 0.109 e. The number of halogens is 1. The third-order valence-corrected chi connectivity index (χ3v) is 3.25. The summed E-state index contributed by atoms with van der Waals surface area (Å²) in [6, 6.07) is 0. The summed E-state index contributed by atoms with van der Waals surface area (Å²) < 4.78 is 0. The third-order valence-electron chi connectivity index (χ3n) is 2.80. The lowest BCUT2D eigenvalue weighted by molar-refractivity contribution is 0.254. The van der Waals surface area contributed by atoms with Gasteiger partial charge < -0.3 is 5.11 Å². The van der Waals surface area contributed by atoms with E-state index in [1.54, 1.807) is 0 Å². The van der Waals surface area contributed by atoms with Crippen LogP contribution >= 0.6 is 15.9 Å². The number of aliphatic hydroxyl groups is 1. The van der Waals surface area contributed by atoms with Crippen molar-refractivity contribution in [3.63, 3.8) is 0 Å². The first-order valence-corrected chi connectivity index (χ1v) is 7.51. The molecule has 0 radical (unpaired) electrons. The molecule has 0 saturated heterocycles. The number of hydrogen-bond donors (Lipinski definition) is 1. The first-order valence-electron chi connectivity index (χ1n) is 6.59. The van der Waals surface area contributed by atoms with Gasteiger partial charge in [-0.05, 0) is 12.8 Å². The van der Waals surface area contributed by atoms with E-state index in [1.807, 2.05) is 0 Å². The van der Waals surface area contributed by atoms with E-state index in [4.69, 9.17) is 5.11 Å². The molecule has 0 fully saturated rings. The minimum atomic E-state index is -0.286. The van der Waals surface area contributed by atoms with E-state index in [2.05, 4.69) is 22.9 Å². The first kappa shape index (κ1) is 15.4. The van der Waals surface area contributed by atoms with E-state index in [1.165, 1.54) is 57.8 Å². The Morgan fingerprint density at radius 2 is 1.20 bits per heavy atom. The van der Waals surface area contributed by atoms with Crippen molar-refractivity contribution in [2.75, 3.05) is 0 Å². The summed E-state index contributed by atoms with van der Waals surface area (Å²) in [5, 5.41) is 8.71. The van der Waals surface area contributed by atoms with Crippen molar-refractivity contribution in [2.24, 2.45) is 0 Å². The molecule has 0 aromatic carbocycles. The SMILES string of the molecule is CCCCCCCCCCCCC(O)Br. The fourth-order valence-electron chi connectivity index (χ4n) is 1.80. The molecule has 0 aliphatic rings. The summed E-state index contributed by atoms with van der Waals surface area (Å²) in [5.74, 6) is 0. The summed E-state index contributed by atoms with van der Waals surface area (Å²) in [6.45, 7) is 2.26. The molecule has 1 nitrogen and oxygen atoms in total. The monoisotopic (exact) mass is 278 g/mol. The summed E-state index contributed by atoms with van der Waals surface area (Å²) >= 11 is 3.15. The molecule has 15 heavy (non-hydrogen) atoms. The van der Waals surface area contributed by atoms with Gasteiger partial charge in [0.05, 0.1) is 0 Å². The van der Waals surface area contributed by atoms with Gasteiger partial charge in [-0.3, -0.25) is 0 Å². The third kappa shape index (κ3) is 14.4. The quantitative estimate of drug-likeness (QED) is 0.416. The van der Waals surface area contributed by atoms with Crippen molar-refractivity contribution in [1.29, 1.82) is 0 Å². The Balaban J connectivity index is 2.87. The fourth-order valence-corrected chi connectivity index (χ4v) is 2.12. The summed E-state index contributed by atoms with van der Waals surface area (Å²) in [6.07, 6.45) is 14.5. The number of unbranched alkanes of at least 4 members (excludes halogenated alkanes) is 9. The lowest BCUT2D eigenvalue weighted by atomic mass is 10.1. The zero-order chi connectivity index (χ0) is 11.4. The average molecular weight is 279 g/mol. The van der Waals surface area contributed by atoms with Crippen LogP contribution in [0.2, 0.25) is 0 Å². The molecule has 1 atom stereocenters. The zero-order valence-corrected chi connectivity index (χ0v) is 11.8. The van der Waals surface area contributed by atoms with Gasteiger partial charge in [-0.1, -0.05) is 80.6 Å². The molecule has 0 rings (SSSR count). The Morgan fingerprint density at radius 3 is 1.60 bits per heavy atom. The normalized spacial score (nSPS) is 13.0. The molecule has 0 aliphatic heterocycles. The van der Waals surface area contributed by atoms with Crippen LogP contribution in [-0.4, -0.2) is 10.1 Å². The van der Waals surface area contributed by atoms with Gasteiger partial charge in [0.2, 0.25) is 0 Å². The van der Waals surface area contributed by atoms with E-state index in [0.717, 1.165) is 12.8 Å². The number of aliphatic hydroxyl groups excluding tert-OH is 1. The number of hydrogen-bond acceptors (Lipinski definition) is 1. The highest BCUT2D eigenvalue weighted by Crippen LogP contribution is 2.13. The maximum absolute atomic E-state index is 8.99. The molecule has 0 aliphatic carbocycles. The van der Waals surface area contributed by atoms with E-state index < -0.39 is 0 Å². The molecule has 2 heteroatoms. The summed E-state index contributed by atoms with van der Waals surface area (Å²) in [5.41, 5.74) is 0. The van der Waals surface area contributed by atoms with Gasteiger partial charge in [-0.2, -0.15) is 0 Å². The molecule has 0 spiro atoms. The van der Waals surface area contributed by atoms with Gasteiger partial charge in [-0.15, -0.1) is 0 Å². The van der Waals surface area contributed by atoms with Crippen LogP contribution in [0, 0.1) is 0 Å². The zero-order valence-electron chi connectivity index (χ0n) is 10.2. The lowest BCUT2D eigenvalue weighted by Crippen LogP contribution is -1.93. The van der Waals surface area contributed by atoms with Crippen LogP contribution in [0.15, 0.2) is 0 Å². The maximum Gasteiger partial charge on any atom is 0.109 e. The second-order valence-electron chi connectivity index (χ2n) is 4.41. The number of rotatable bonds is 11. The molecule has 1 N–H and O–H groups in total. The van der Waals surface area contributed by atoms with Crippen molar-refractivity contribution in [3.8, 4) is 0 Å². The van der Waals surface area contributed by atoms with Crippen molar-refractivity contribution in [1.82, 2.24) is 0 Å². The number of alkyl halides is 1. The molecule has 0 amide bonds. The Morgan fingerprint density at radius 1 is 0.800 bits per heavy atom. The van der Waals surface area contributed by atoms with Crippen molar-refractivity contribution < 1.29 is 5.11 Å². The van der Waals surface area contributed by atoms with E-state index in [9.17, 15) is 0 Å². The topological polar surface area (TPSA) is 20.2 Å². The highest BCUT2D eigenvalue weighted by atomic mass is 79.9. The van der Waals surface area contributed by atoms with E-state index in [-0.39, 0.29) is 5.01 Å². The Hall–Kier alpha value is 0.440. The molecular formula is C13H27BrO. The van der Waals surface area contributed by atoms with Crippen LogP contribution in [0.5, 0.6) is 0 Å². The maximum atomic E-state index is 8.99. The Labute approximate surface area is 104 Å². The Bertz CT molecular complexity index is 115. The second-order valence-corrected chi connectivity index (χ2v) is 5.46. The molecule has 0 aromatic heterocycles. The van der Waals surface area contributed by atoms with Gasteiger partial charge in [0.15, 0.2) is 0 Å². The Kier molecular flexibility index (Phi) is 12.9. The molecular weight excluding hydrogens is 252 g/mol. The van der Waals surface area contributed by atoms with Crippen LogP contribution in [0.4, 0.5) is 0 Å². The molecule has 1 unspecified atom stereocenters. The van der Waals surface area contributed by atoms with Crippen LogP contribution < -0.4 is 0 Å². The predicted octanol–water partition coefficient (Wildman–Crippen LogP) is 5.01. The summed E-state index contributed by atoms with van der Waals surface area (Å²) in [7, 11) is 0. The van der Waals surface area contributed by atoms with Gasteiger partial charge >= 0.3 is 0 Å². The van der Waals surface area contributed by atoms with E-state index in [0.29, 0.717) is 0 Å². The molecule has 0 heterocycles. The molecule has 0 aromatic rings. The largest absolute Gasteiger partial charge is 0.382 e. The standard InChI is InChI=1S/C13H27BrO/c1-2-3-4-5-6-7-8-9-10-11-12-13(14)15/h13,15H,2-12H2,1H3. The van der Waals surface area contributed by atoms with Crippen molar-refractivity contribution in [2.45, 2.75) is 82.6 Å². The highest BCUT2D eigenvalue weighted by Gasteiger charge is 1.96. The first-order chi connectivity index (χ1) is 7.27. The minimum absolute atomic E-state index is 0.286. The predicted molar refractivity (Wildman–Crippen MR) is 71.4 cm³/mol. The van der Waals surface area contributed by atoms with Crippen LogP contribution in [0.3, 0.4) is 0 Å².